The summed E-state index contributed by atoms with van der Waals surface area (Å²) in [4.78, 5) is 73.2. The summed E-state index contributed by atoms with van der Waals surface area (Å²) in [6, 6.07) is 0. The Morgan fingerprint density at radius 2 is 0.447 bits per heavy atom. The Hall–Kier alpha value is -1.94. The lowest BCUT2D eigenvalue weighted by molar-refractivity contribution is -0.161. The first-order valence-electron chi connectivity index (χ1n) is 43.6. The Morgan fingerprint density at radius 1 is 0.262 bits per heavy atom. The minimum Gasteiger partial charge on any atom is -0.462 e. The van der Waals surface area contributed by atoms with Gasteiger partial charge in [0.1, 0.15) is 19.3 Å². The summed E-state index contributed by atoms with van der Waals surface area (Å²) in [6.07, 6.45) is 69.3. The van der Waals surface area contributed by atoms with Crippen molar-refractivity contribution in [3.05, 3.63) is 0 Å². The second-order valence-corrected chi connectivity index (χ2v) is 33.6. The summed E-state index contributed by atoms with van der Waals surface area (Å²) in [6.45, 7) is 7.37. The van der Waals surface area contributed by atoms with E-state index in [0.717, 1.165) is 95.8 Å². The Labute approximate surface area is 632 Å². The molecule has 5 atom stereocenters. The summed E-state index contributed by atoms with van der Waals surface area (Å²) in [5, 5.41) is 10.7. The van der Waals surface area contributed by atoms with Crippen molar-refractivity contribution in [2.45, 2.75) is 470 Å². The van der Waals surface area contributed by atoms with Crippen molar-refractivity contribution in [2.24, 2.45) is 5.92 Å². The second-order valence-electron chi connectivity index (χ2n) is 30.7. The van der Waals surface area contributed by atoms with E-state index in [0.29, 0.717) is 25.7 Å². The third kappa shape index (κ3) is 78.0. The molecule has 0 heterocycles. The number of esters is 4. The van der Waals surface area contributed by atoms with Crippen molar-refractivity contribution < 1.29 is 80.2 Å². The van der Waals surface area contributed by atoms with E-state index < -0.39 is 97.5 Å². The fourth-order valence-corrected chi connectivity index (χ4v) is 14.7. The highest BCUT2D eigenvalue weighted by Crippen LogP contribution is 2.45. The van der Waals surface area contributed by atoms with Gasteiger partial charge in [-0.2, -0.15) is 0 Å². The van der Waals surface area contributed by atoms with Gasteiger partial charge in [0.2, 0.25) is 0 Å². The molecule has 19 heteroatoms. The van der Waals surface area contributed by atoms with E-state index in [-0.39, 0.29) is 25.7 Å². The van der Waals surface area contributed by atoms with Crippen LogP contribution in [0.2, 0.25) is 0 Å². The van der Waals surface area contributed by atoms with Crippen molar-refractivity contribution in [3.8, 4) is 0 Å². The molecule has 17 nitrogen and oxygen atoms in total. The molecule has 0 aliphatic carbocycles. The molecule has 0 radical (unpaired) electrons. The van der Waals surface area contributed by atoms with Crippen LogP contribution < -0.4 is 0 Å². The number of phosphoric acid groups is 2. The highest BCUT2D eigenvalue weighted by atomic mass is 31.2. The molecule has 0 saturated carbocycles. The summed E-state index contributed by atoms with van der Waals surface area (Å²) in [5.41, 5.74) is 0. The Morgan fingerprint density at radius 3 is 0.660 bits per heavy atom. The van der Waals surface area contributed by atoms with Gasteiger partial charge in [-0.15, -0.1) is 0 Å². The van der Waals surface area contributed by atoms with Crippen molar-refractivity contribution in [1.82, 2.24) is 0 Å². The molecule has 0 fully saturated rings. The molecule has 0 rings (SSSR count). The maximum atomic E-state index is 13.1. The van der Waals surface area contributed by atoms with Crippen LogP contribution in [-0.2, 0) is 65.4 Å². The quantitative estimate of drug-likeness (QED) is 0.0222. The fourth-order valence-electron chi connectivity index (χ4n) is 13.1. The Kier molecular flexibility index (Phi) is 75.4. The van der Waals surface area contributed by atoms with Gasteiger partial charge in [0, 0.05) is 25.7 Å². The first-order valence-corrected chi connectivity index (χ1v) is 46.6. The van der Waals surface area contributed by atoms with E-state index >= 15 is 0 Å². The van der Waals surface area contributed by atoms with Crippen LogP contribution in [0.5, 0.6) is 0 Å². The molecule has 3 N–H and O–H groups in total. The number of hydrogen-bond donors (Lipinski definition) is 3. The van der Waals surface area contributed by atoms with Crippen molar-refractivity contribution in [3.63, 3.8) is 0 Å². The maximum Gasteiger partial charge on any atom is 0.472 e. The molecule has 0 aromatic heterocycles. The number of rotatable bonds is 84. The lowest BCUT2D eigenvalue weighted by Gasteiger charge is -2.21. The van der Waals surface area contributed by atoms with Crippen LogP contribution >= 0.6 is 15.6 Å². The minimum atomic E-state index is -4.96. The molecule has 0 bridgehead atoms. The van der Waals surface area contributed by atoms with Crippen LogP contribution in [0.1, 0.15) is 452 Å². The van der Waals surface area contributed by atoms with E-state index in [1.165, 1.54) is 276 Å². The molecular formula is C84H164O17P2. The molecule has 0 amide bonds. The van der Waals surface area contributed by atoms with E-state index in [4.69, 9.17) is 37.0 Å². The van der Waals surface area contributed by atoms with Gasteiger partial charge in [0.25, 0.3) is 0 Å². The van der Waals surface area contributed by atoms with Crippen molar-refractivity contribution >= 4 is 39.5 Å². The van der Waals surface area contributed by atoms with Crippen LogP contribution in [0.15, 0.2) is 0 Å². The largest absolute Gasteiger partial charge is 0.472 e. The normalized spacial score (nSPS) is 13.8. The van der Waals surface area contributed by atoms with E-state index in [1.807, 2.05) is 0 Å². The maximum absolute atomic E-state index is 13.1. The van der Waals surface area contributed by atoms with Crippen LogP contribution in [-0.4, -0.2) is 96.7 Å². The summed E-state index contributed by atoms with van der Waals surface area (Å²) < 4.78 is 68.9. The fraction of sp³-hybridized carbons (Fsp3) is 0.952. The summed E-state index contributed by atoms with van der Waals surface area (Å²) in [7, 11) is -9.92. The van der Waals surface area contributed by atoms with Crippen LogP contribution in [0.4, 0.5) is 0 Å². The zero-order chi connectivity index (χ0) is 75.5. The number of aliphatic hydroxyl groups excluding tert-OH is 1. The van der Waals surface area contributed by atoms with Crippen LogP contribution in [0.3, 0.4) is 0 Å². The number of unbranched alkanes of at least 4 members (excludes halogenated alkanes) is 56. The molecule has 0 aromatic rings. The summed E-state index contributed by atoms with van der Waals surface area (Å²) >= 11 is 0. The van der Waals surface area contributed by atoms with Crippen LogP contribution in [0, 0.1) is 5.92 Å². The average molecular weight is 1510 g/mol. The smallest absolute Gasteiger partial charge is 0.462 e. The predicted molar refractivity (Wildman–Crippen MR) is 423 cm³/mol. The number of hydrogen-bond acceptors (Lipinski definition) is 15. The second kappa shape index (κ2) is 76.8. The highest BCUT2D eigenvalue weighted by molar-refractivity contribution is 7.47. The minimum absolute atomic E-state index is 0.109. The van der Waals surface area contributed by atoms with Gasteiger partial charge in [0.05, 0.1) is 26.4 Å². The van der Waals surface area contributed by atoms with Gasteiger partial charge < -0.3 is 33.8 Å². The standard InChI is InChI=1S/C84H164O17P2/c1-6-9-12-15-18-21-24-27-29-30-31-32-33-35-38-45-50-55-60-65-70-84(89)101-80(74-95-82(87)68-63-58-53-48-43-40-39-41-46-51-56-61-66-77(4)5)76-99-103(92,93)97-72-78(85)71-96-102(90,91)98-75-79(73-94-81(86)67-62-57-52-47-42-36-26-23-20-17-14-11-8-3)100-83(88)69-64-59-54-49-44-37-34-28-25-22-19-16-13-10-7-2/h77-80,85H,6-76H2,1-5H3,(H,90,91)(H,92,93)/t78-,79+,80+/m0/s1. The molecule has 0 aliphatic rings. The van der Waals surface area contributed by atoms with Gasteiger partial charge >= 0.3 is 39.5 Å². The van der Waals surface area contributed by atoms with E-state index in [9.17, 15) is 43.2 Å². The zero-order valence-corrected chi connectivity index (χ0v) is 69.3. The molecule has 0 spiro atoms. The van der Waals surface area contributed by atoms with Crippen molar-refractivity contribution in [1.29, 1.82) is 0 Å². The van der Waals surface area contributed by atoms with Crippen molar-refractivity contribution in [2.75, 3.05) is 39.6 Å². The lowest BCUT2D eigenvalue weighted by atomic mass is 10.0. The molecule has 0 aromatic carbocycles. The molecule has 103 heavy (non-hydrogen) atoms. The van der Waals surface area contributed by atoms with Gasteiger partial charge in [-0.1, -0.05) is 401 Å². The van der Waals surface area contributed by atoms with E-state index in [2.05, 4.69) is 34.6 Å². The van der Waals surface area contributed by atoms with Crippen LogP contribution in [0.25, 0.3) is 0 Å². The van der Waals surface area contributed by atoms with Gasteiger partial charge in [0.15, 0.2) is 12.2 Å². The number of carbonyl (C=O) groups excluding carboxylic acids is 4. The number of phosphoric ester groups is 2. The SMILES string of the molecule is CCCCCCCCCCCCCCCCCCCCCCC(=O)O[C@H](COC(=O)CCCCCCCCCCCCCCC(C)C)COP(=O)(O)OC[C@@H](O)COP(=O)(O)OC[C@@H](COC(=O)CCCCCCCCCCCCCCC)OC(=O)CCCCCCCCCCCCCCCCC. The predicted octanol–water partition coefficient (Wildman–Crippen LogP) is 25.6. The Bertz CT molecular complexity index is 1960. The monoisotopic (exact) mass is 1510 g/mol. The third-order valence-electron chi connectivity index (χ3n) is 19.8. The lowest BCUT2D eigenvalue weighted by Crippen LogP contribution is -2.30. The highest BCUT2D eigenvalue weighted by Gasteiger charge is 2.30. The molecule has 2 unspecified atom stereocenters. The average Bonchev–Trinajstić information content (AvgIpc) is 0.955. The zero-order valence-electron chi connectivity index (χ0n) is 67.5. The number of carbonyl (C=O) groups is 4. The number of ether oxygens (including phenoxy) is 4. The first-order chi connectivity index (χ1) is 50.0. The molecule has 0 saturated heterocycles. The van der Waals surface area contributed by atoms with Gasteiger partial charge in [-0.3, -0.25) is 37.3 Å². The Balaban J connectivity index is 5.25. The number of aliphatic hydroxyl groups is 1. The molecule has 612 valence electrons. The van der Waals surface area contributed by atoms with Gasteiger partial charge in [-0.25, -0.2) is 9.13 Å². The summed E-state index contributed by atoms with van der Waals surface area (Å²) in [5.74, 6) is -1.32. The molecular weight excluding hydrogens is 1340 g/mol. The first kappa shape index (κ1) is 101. The van der Waals surface area contributed by atoms with Gasteiger partial charge in [-0.05, 0) is 31.6 Å². The third-order valence-corrected chi connectivity index (χ3v) is 21.7. The molecule has 0 aliphatic heterocycles. The van der Waals surface area contributed by atoms with E-state index in [1.54, 1.807) is 0 Å². The topological polar surface area (TPSA) is 237 Å².